The fraction of sp³-hybridized carbons (Fsp3) is 0.611. The van der Waals surface area contributed by atoms with Crippen LogP contribution in [0.3, 0.4) is 0 Å². The molecule has 0 radical (unpaired) electrons. The number of likely N-dealkylation sites (tertiary alicyclic amines) is 1. The number of amides is 1. The third-order valence-corrected chi connectivity index (χ3v) is 4.52. The summed E-state index contributed by atoms with van der Waals surface area (Å²) in [6, 6.07) is 6.08. The largest absolute Gasteiger partial charge is 0.493 e. The van der Waals surface area contributed by atoms with Gasteiger partial charge in [-0.3, -0.25) is 4.79 Å². The number of piperidine rings is 1. The van der Waals surface area contributed by atoms with E-state index >= 15 is 0 Å². The van der Waals surface area contributed by atoms with E-state index in [9.17, 15) is 4.79 Å². The van der Waals surface area contributed by atoms with Crippen LogP contribution in [-0.2, 0) is 11.2 Å². The number of carbonyl (C=O) groups excluding carboxylic acids is 1. The highest BCUT2D eigenvalue weighted by atomic mass is 16.5. The van der Waals surface area contributed by atoms with Crippen molar-refractivity contribution in [1.82, 2.24) is 9.80 Å². The van der Waals surface area contributed by atoms with E-state index in [1.54, 1.807) is 14.2 Å². The van der Waals surface area contributed by atoms with Crippen LogP contribution in [0.4, 0.5) is 0 Å². The van der Waals surface area contributed by atoms with Crippen LogP contribution in [-0.4, -0.2) is 63.7 Å². The zero-order chi connectivity index (χ0) is 16.8. The number of benzene rings is 1. The van der Waals surface area contributed by atoms with E-state index in [4.69, 9.17) is 9.47 Å². The van der Waals surface area contributed by atoms with Crippen molar-refractivity contribution in [1.29, 1.82) is 0 Å². The summed E-state index contributed by atoms with van der Waals surface area (Å²) < 4.78 is 10.6. The lowest BCUT2D eigenvalue weighted by Gasteiger charge is -2.32. The first-order chi connectivity index (χ1) is 11.0. The molecule has 0 bridgehead atoms. The minimum absolute atomic E-state index is 0.272. The second kappa shape index (κ2) is 8.20. The molecular formula is C18H28N2O3. The SMILES string of the molecule is COc1ccc(CCN(C)CC2CCC(=O)N(C)C2)cc1OC. The molecule has 1 aromatic carbocycles. The minimum Gasteiger partial charge on any atom is -0.493 e. The number of nitrogens with zero attached hydrogens (tertiary/aromatic N) is 2. The highest BCUT2D eigenvalue weighted by Gasteiger charge is 2.23. The molecule has 1 aromatic rings. The van der Waals surface area contributed by atoms with E-state index in [1.807, 2.05) is 24.1 Å². The smallest absolute Gasteiger partial charge is 0.222 e. The van der Waals surface area contributed by atoms with E-state index < -0.39 is 0 Å². The summed E-state index contributed by atoms with van der Waals surface area (Å²) in [5, 5.41) is 0. The lowest BCUT2D eigenvalue weighted by molar-refractivity contribution is -0.133. The molecule has 1 aliphatic heterocycles. The van der Waals surface area contributed by atoms with Crippen LogP contribution >= 0.6 is 0 Å². The maximum absolute atomic E-state index is 11.5. The molecular weight excluding hydrogens is 292 g/mol. The maximum atomic E-state index is 11.5. The quantitative estimate of drug-likeness (QED) is 0.771. The van der Waals surface area contributed by atoms with Gasteiger partial charge in [-0.25, -0.2) is 0 Å². The molecule has 1 aliphatic rings. The van der Waals surface area contributed by atoms with Crippen molar-refractivity contribution in [3.05, 3.63) is 23.8 Å². The van der Waals surface area contributed by atoms with Crippen LogP contribution in [0.2, 0.25) is 0 Å². The van der Waals surface area contributed by atoms with Crippen molar-refractivity contribution in [3.63, 3.8) is 0 Å². The number of ether oxygens (including phenoxy) is 2. The summed E-state index contributed by atoms with van der Waals surface area (Å²) >= 11 is 0. The number of methoxy groups -OCH3 is 2. The summed E-state index contributed by atoms with van der Waals surface area (Å²) in [4.78, 5) is 15.7. The van der Waals surface area contributed by atoms with Crippen molar-refractivity contribution >= 4 is 5.91 Å². The van der Waals surface area contributed by atoms with Gasteiger partial charge in [0.05, 0.1) is 14.2 Å². The summed E-state index contributed by atoms with van der Waals surface area (Å²) in [7, 11) is 7.36. The molecule has 0 spiro atoms. The second-order valence-electron chi connectivity index (χ2n) is 6.38. The minimum atomic E-state index is 0.272. The van der Waals surface area contributed by atoms with Gasteiger partial charge in [0.2, 0.25) is 5.91 Å². The van der Waals surface area contributed by atoms with Crippen LogP contribution in [0.1, 0.15) is 18.4 Å². The van der Waals surface area contributed by atoms with Gasteiger partial charge < -0.3 is 19.3 Å². The monoisotopic (exact) mass is 320 g/mol. The highest BCUT2D eigenvalue weighted by molar-refractivity contribution is 5.76. The van der Waals surface area contributed by atoms with Gasteiger partial charge in [-0.2, -0.15) is 0 Å². The van der Waals surface area contributed by atoms with Crippen molar-refractivity contribution in [2.24, 2.45) is 5.92 Å². The van der Waals surface area contributed by atoms with E-state index in [0.717, 1.165) is 44.0 Å². The Morgan fingerprint density at radius 3 is 2.65 bits per heavy atom. The Bertz CT molecular complexity index is 533. The predicted molar refractivity (Wildman–Crippen MR) is 91.1 cm³/mol. The van der Waals surface area contributed by atoms with Gasteiger partial charge in [0.1, 0.15) is 0 Å². The molecule has 5 heteroatoms. The lowest BCUT2D eigenvalue weighted by atomic mass is 9.97. The first-order valence-corrected chi connectivity index (χ1v) is 8.17. The molecule has 1 amide bonds. The fourth-order valence-corrected chi connectivity index (χ4v) is 3.14. The molecule has 2 rings (SSSR count). The molecule has 0 N–H and O–H groups in total. The van der Waals surface area contributed by atoms with Crippen LogP contribution in [0.5, 0.6) is 11.5 Å². The van der Waals surface area contributed by atoms with Crippen LogP contribution in [0, 0.1) is 5.92 Å². The third-order valence-electron chi connectivity index (χ3n) is 4.52. The van der Waals surface area contributed by atoms with Crippen molar-refractivity contribution in [3.8, 4) is 11.5 Å². The third kappa shape index (κ3) is 4.86. The highest BCUT2D eigenvalue weighted by Crippen LogP contribution is 2.27. The number of likely N-dealkylation sites (N-methyl/N-ethyl adjacent to an activating group) is 1. The molecule has 128 valence electrons. The van der Waals surface area contributed by atoms with E-state index in [-0.39, 0.29) is 5.91 Å². The Kier molecular flexibility index (Phi) is 6.28. The Hall–Kier alpha value is -1.75. The fourth-order valence-electron chi connectivity index (χ4n) is 3.14. The topological polar surface area (TPSA) is 42.0 Å². The standard InChI is InChI=1S/C18H28N2O3/c1-19(12-15-6-8-18(21)20(2)13-15)10-9-14-5-7-16(22-3)17(11-14)23-4/h5,7,11,15H,6,8-10,12-13H2,1-4H3. The van der Waals surface area contributed by atoms with Gasteiger partial charge in [0, 0.05) is 33.1 Å². The van der Waals surface area contributed by atoms with Crippen LogP contribution in [0.25, 0.3) is 0 Å². The van der Waals surface area contributed by atoms with Gasteiger partial charge in [-0.1, -0.05) is 6.07 Å². The Morgan fingerprint density at radius 1 is 1.26 bits per heavy atom. The number of hydrogen-bond donors (Lipinski definition) is 0. The number of hydrogen-bond acceptors (Lipinski definition) is 4. The molecule has 5 nitrogen and oxygen atoms in total. The average Bonchev–Trinajstić information content (AvgIpc) is 2.56. The predicted octanol–water partition coefficient (Wildman–Crippen LogP) is 2.05. The van der Waals surface area contributed by atoms with Crippen molar-refractivity contribution in [2.45, 2.75) is 19.3 Å². The zero-order valence-electron chi connectivity index (χ0n) is 14.7. The molecule has 1 atom stereocenters. The molecule has 0 saturated carbocycles. The lowest BCUT2D eigenvalue weighted by Crippen LogP contribution is -2.41. The van der Waals surface area contributed by atoms with E-state index in [1.165, 1.54) is 5.56 Å². The summed E-state index contributed by atoms with van der Waals surface area (Å²) in [6.45, 7) is 2.90. The maximum Gasteiger partial charge on any atom is 0.222 e. The van der Waals surface area contributed by atoms with E-state index in [2.05, 4.69) is 18.0 Å². The molecule has 0 aromatic heterocycles. The van der Waals surface area contributed by atoms with Crippen molar-refractivity contribution in [2.75, 3.05) is 47.9 Å². The van der Waals surface area contributed by atoms with Gasteiger partial charge in [0.15, 0.2) is 11.5 Å². The average molecular weight is 320 g/mol. The van der Waals surface area contributed by atoms with Crippen molar-refractivity contribution < 1.29 is 14.3 Å². The molecule has 1 unspecified atom stereocenters. The van der Waals surface area contributed by atoms with Gasteiger partial charge in [-0.15, -0.1) is 0 Å². The normalized spacial score (nSPS) is 18.4. The summed E-state index contributed by atoms with van der Waals surface area (Å²) in [5.74, 6) is 2.39. The second-order valence-corrected chi connectivity index (χ2v) is 6.38. The Labute approximate surface area is 139 Å². The van der Waals surface area contributed by atoms with Gasteiger partial charge in [0.25, 0.3) is 0 Å². The Balaban J connectivity index is 1.82. The van der Waals surface area contributed by atoms with Crippen LogP contribution in [0.15, 0.2) is 18.2 Å². The summed E-state index contributed by atoms with van der Waals surface area (Å²) in [6.07, 6.45) is 2.66. The summed E-state index contributed by atoms with van der Waals surface area (Å²) in [5.41, 5.74) is 1.24. The molecule has 23 heavy (non-hydrogen) atoms. The van der Waals surface area contributed by atoms with Gasteiger partial charge in [-0.05, 0) is 43.5 Å². The molecule has 0 aliphatic carbocycles. The Morgan fingerprint density at radius 2 is 2.00 bits per heavy atom. The molecule has 1 heterocycles. The first kappa shape index (κ1) is 17.6. The van der Waals surface area contributed by atoms with E-state index in [0.29, 0.717) is 12.3 Å². The molecule has 1 fully saturated rings. The van der Waals surface area contributed by atoms with Gasteiger partial charge >= 0.3 is 0 Å². The van der Waals surface area contributed by atoms with Crippen LogP contribution < -0.4 is 9.47 Å². The first-order valence-electron chi connectivity index (χ1n) is 8.17. The zero-order valence-corrected chi connectivity index (χ0v) is 14.7. The number of carbonyl (C=O) groups is 1. The molecule has 1 saturated heterocycles. The number of rotatable bonds is 7.